The van der Waals surface area contributed by atoms with Gasteiger partial charge >= 0.3 is 5.97 Å². The molecule has 10 heteroatoms. The molecule has 0 saturated carbocycles. The van der Waals surface area contributed by atoms with E-state index in [1.165, 1.54) is 0 Å². The molecular formula is C15H29N5O5. The summed E-state index contributed by atoms with van der Waals surface area (Å²) in [5.41, 5.74) is 10.7. The molecule has 8 N–H and O–H groups in total. The van der Waals surface area contributed by atoms with Crippen molar-refractivity contribution in [3.8, 4) is 0 Å². The van der Waals surface area contributed by atoms with Gasteiger partial charge in [-0.05, 0) is 31.7 Å². The number of carbonyl (C=O) groups excluding carboxylic acids is 3. The molecule has 0 saturated heterocycles. The second-order valence-electron chi connectivity index (χ2n) is 5.95. The summed E-state index contributed by atoms with van der Waals surface area (Å²) in [5, 5.41) is 16.0. The van der Waals surface area contributed by atoms with Crippen molar-refractivity contribution < 1.29 is 24.3 Å². The van der Waals surface area contributed by atoms with Crippen molar-refractivity contribution in [1.29, 1.82) is 0 Å². The number of rotatable bonds is 12. The van der Waals surface area contributed by atoms with E-state index in [9.17, 15) is 19.2 Å². The van der Waals surface area contributed by atoms with Gasteiger partial charge in [0.15, 0.2) is 0 Å². The van der Waals surface area contributed by atoms with Gasteiger partial charge in [-0.15, -0.1) is 0 Å². The fourth-order valence-corrected chi connectivity index (χ4v) is 2.08. The summed E-state index contributed by atoms with van der Waals surface area (Å²) in [6.45, 7) is 3.14. The number of carboxylic acid groups (broad SMARTS) is 1. The van der Waals surface area contributed by atoms with Crippen molar-refractivity contribution in [3.05, 3.63) is 0 Å². The topological polar surface area (TPSA) is 177 Å². The van der Waals surface area contributed by atoms with E-state index in [1.807, 2.05) is 0 Å². The molecule has 0 aromatic heterocycles. The Bertz CT molecular complexity index is 469. The largest absolute Gasteiger partial charge is 0.480 e. The van der Waals surface area contributed by atoms with Crippen molar-refractivity contribution in [1.82, 2.24) is 16.0 Å². The Labute approximate surface area is 147 Å². The van der Waals surface area contributed by atoms with Crippen molar-refractivity contribution in [3.63, 3.8) is 0 Å². The smallest absolute Gasteiger partial charge is 0.322 e. The van der Waals surface area contributed by atoms with Crippen LogP contribution in [0.1, 0.15) is 33.1 Å². The van der Waals surface area contributed by atoms with Gasteiger partial charge in [-0.2, -0.15) is 0 Å². The molecule has 0 aromatic carbocycles. The third-order valence-corrected chi connectivity index (χ3v) is 3.44. The van der Waals surface area contributed by atoms with Crippen LogP contribution in [-0.2, 0) is 19.2 Å². The van der Waals surface area contributed by atoms with Crippen LogP contribution >= 0.6 is 0 Å². The molecule has 0 aliphatic carbocycles. The third kappa shape index (κ3) is 9.62. The Morgan fingerprint density at radius 3 is 2.12 bits per heavy atom. The summed E-state index contributed by atoms with van der Waals surface area (Å²) in [4.78, 5) is 46.6. The summed E-state index contributed by atoms with van der Waals surface area (Å²) in [6.07, 6.45) is 1.56. The van der Waals surface area contributed by atoms with Crippen molar-refractivity contribution in [2.45, 2.75) is 45.2 Å². The van der Waals surface area contributed by atoms with Gasteiger partial charge in [0.2, 0.25) is 17.7 Å². The Hall–Kier alpha value is -2.20. The number of aliphatic carboxylic acids is 1. The molecule has 2 atom stereocenters. The first-order valence-corrected chi connectivity index (χ1v) is 8.22. The van der Waals surface area contributed by atoms with E-state index in [1.54, 1.807) is 13.8 Å². The summed E-state index contributed by atoms with van der Waals surface area (Å²) < 4.78 is 0. The molecule has 25 heavy (non-hydrogen) atoms. The highest BCUT2D eigenvalue weighted by Gasteiger charge is 2.28. The minimum absolute atomic E-state index is 0.220. The van der Waals surface area contributed by atoms with E-state index in [2.05, 4.69) is 16.0 Å². The molecule has 144 valence electrons. The number of nitrogens with one attached hydrogen (secondary N) is 3. The van der Waals surface area contributed by atoms with Crippen LogP contribution in [0.4, 0.5) is 0 Å². The highest BCUT2D eigenvalue weighted by Crippen LogP contribution is 2.06. The van der Waals surface area contributed by atoms with Crippen molar-refractivity contribution in [2.75, 3.05) is 19.6 Å². The molecule has 0 aliphatic rings. The van der Waals surface area contributed by atoms with Crippen LogP contribution in [0.2, 0.25) is 0 Å². The van der Waals surface area contributed by atoms with Crippen LogP contribution in [0.5, 0.6) is 0 Å². The van der Waals surface area contributed by atoms with E-state index >= 15 is 0 Å². The summed E-state index contributed by atoms with van der Waals surface area (Å²) in [7, 11) is 0. The van der Waals surface area contributed by atoms with E-state index in [0.29, 0.717) is 25.8 Å². The van der Waals surface area contributed by atoms with Crippen LogP contribution in [-0.4, -0.2) is 60.5 Å². The molecule has 0 aromatic rings. The number of carbonyl (C=O) groups is 4. The summed E-state index contributed by atoms with van der Waals surface area (Å²) >= 11 is 0. The number of hydrogen-bond acceptors (Lipinski definition) is 6. The predicted molar refractivity (Wildman–Crippen MR) is 91.3 cm³/mol. The number of amides is 3. The molecule has 0 spiro atoms. The van der Waals surface area contributed by atoms with Gasteiger partial charge in [-0.3, -0.25) is 19.2 Å². The second-order valence-corrected chi connectivity index (χ2v) is 5.95. The van der Waals surface area contributed by atoms with Gasteiger partial charge in [-0.25, -0.2) is 0 Å². The van der Waals surface area contributed by atoms with Crippen LogP contribution in [0.3, 0.4) is 0 Å². The minimum atomic E-state index is -1.18. The number of unbranched alkanes of at least 4 members (excludes halogenated alkanes) is 1. The maximum absolute atomic E-state index is 12.4. The molecule has 0 rings (SSSR count). The number of hydrogen-bond donors (Lipinski definition) is 6. The Morgan fingerprint density at radius 1 is 1.00 bits per heavy atom. The molecule has 3 amide bonds. The molecule has 0 radical (unpaired) electrons. The average Bonchev–Trinajstić information content (AvgIpc) is 2.55. The first-order valence-electron chi connectivity index (χ1n) is 8.22. The van der Waals surface area contributed by atoms with Crippen LogP contribution in [0, 0.1) is 5.92 Å². The molecule has 0 heterocycles. The Balaban J connectivity index is 4.97. The molecular weight excluding hydrogens is 330 g/mol. The molecule has 0 aliphatic heterocycles. The predicted octanol–water partition coefficient (Wildman–Crippen LogP) is -2.10. The SMILES string of the molecule is CC(C)C(NC(=O)CN)C(=O)NC(CCCCN)C(=O)NCC(=O)O. The highest BCUT2D eigenvalue weighted by molar-refractivity contribution is 5.93. The zero-order valence-corrected chi connectivity index (χ0v) is 14.7. The van der Waals surface area contributed by atoms with Gasteiger partial charge in [0.05, 0.1) is 6.54 Å². The first-order chi connectivity index (χ1) is 11.7. The highest BCUT2D eigenvalue weighted by atomic mass is 16.4. The Morgan fingerprint density at radius 2 is 1.64 bits per heavy atom. The van der Waals surface area contributed by atoms with Crippen LogP contribution in [0.15, 0.2) is 0 Å². The third-order valence-electron chi connectivity index (χ3n) is 3.44. The van der Waals surface area contributed by atoms with Crippen molar-refractivity contribution in [2.24, 2.45) is 17.4 Å². The average molecular weight is 359 g/mol. The lowest BCUT2D eigenvalue weighted by molar-refractivity contribution is -0.138. The lowest BCUT2D eigenvalue weighted by Crippen LogP contribution is -2.56. The van der Waals surface area contributed by atoms with Gasteiger partial charge < -0.3 is 32.5 Å². The quantitative estimate of drug-likeness (QED) is 0.216. The zero-order chi connectivity index (χ0) is 19.4. The monoisotopic (exact) mass is 359 g/mol. The zero-order valence-electron chi connectivity index (χ0n) is 14.7. The Kier molecular flexibility index (Phi) is 11.1. The van der Waals surface area contributed by atoms with E-state index < -0.39 is 42.3 Å². The number of carboxylic acids is 1. The lowest BCUT2D eigenvalue weighted by atomic mass is 10.0. The fourth-order valence-electron chi connectivity index (χ4n) is 2.08. The normalized spacial score (nSPS) is 13.0. The van der Waals surface area contributed by atoms with Gasteiger partial charge in [-0.1, -0.05) is 13.8 Å². The number of nitrogens with two attached hydrogens (primary N) is 2. The maximum atomic E-state index is 12.4. The minimum Gasteiger partial charge on any atom is -0.480 e. The van der Waals surface area contributed by atoms with Crippen LogP contribution < -0.4 is 27.4 Å². The van der Waals surface area contributed by atoms with Gasteiger partial charge in [0.25, 0.3) is 0 Å². The van der Waals surface area contributed by atoms with Gasteiger partial charge in [0.1, 0.15) is 18.6 Å². The first kappa shape index (κ1) is 22.8. The molecule has 0 bridgehead atoms. The lowest BCUT2D eigenvalue weighted by Gasteiger charge is -2.25. The standard InChI is InChI=1S/C15H29N5O5/c1-9(2)13(20-11(21)7-17)15(25)19-10(5-3-4-6-16)14(24)18-8-12(22)23/h9-10,13H,3-8,16-17H2,1-2H3,(H,18,24)(H,19,25)(H,20,21)(H,22,23). The van der Waals surface area contributed by atoms with E-state index in [4.69, 9.17) is 16.6 Å². The second kappa shape index (κ2) is 12.2. The van der Waals surface area contributed by atoms with Gasteiger partial charge in [0, 0.05) is 0 Å². The van der Waals surface area contributed by atoms with Crippen molar-refractivity contribution >= 4 is 23.7 Å². The maximum Gasteiger partial charge on any atom is 0.322 e. The molecule has 0 fully saturated rings. The molecule has 10 nitrogen and oxygen atoms in total. The fraction of sp³-hybridized carbons (Fsp3) is 0.733. The van der Waals surface area contributed by atoms with Crippen LogP contribution in [0.25, 0.3) is 0 Å². The van der Waals surface area contributed by atoms with E-state index in [0.717, 1.165) is 0 Å². The molecule has 2 unspecified atom stereocenters. The van der Waals surface area contributed by atoms with E-state index in [-0.39, 0.29) is 12.5 Å². The summed E-state index contributed by atoms with van der Waals surface area (Å²) in [6, 6.07) is -1.75. The summed E-state index contributed by atoms with van der Waals surface area (Å²) in [5.74, 6) is -3.01.